The first-order chi connectivity index (χ1) is 7.21. The van der Waals surface area contributed by atoms with Crippen molar-refractivity contribution in [2.24, 2.45) is 0 Å². The van der Waals surface area contributed by atoms with Gasteiger partial charge in [-0.3, -0.25) is 4.79 Å². The fourth-order valence-corrected chi connectivity index (χ4v) is 3.00. The largest absolute Gasteiger partial charge is 0.355 e. The van der Waals surface area contributed by atoms with Crippen LogP contribution < -0.4 is 10.0 Å². The van der Waals surface area contributed by atoms with Crippen molar-refractivity contribution < 1.29 is 13.2 Å². The van der Waals surface area contributed by atoms with Crippen LogP contribution >= 0.6 is 0 Å². The Morgan fingerprint density at radius 2 is 1.94 bits per heavy atom. The van der Waals surface area contributed by atoms with Crippen molar-refractivity contribution in [2.75, 3.05) is 19.6 Å². The standard InChI is InChI=1S/C9H19N3O3S/c1-9(2,3)11-16(14,15)12-6-4-8(13)10-5-7-12/h11H,4-7H2,1-3H3,(H,10,13). The minimum Gasteiger partial charge on any atom is -0.355 e. The predicted octanol–water partition coefficient (Wildman–Crippen LogP) is -0.559. The van der Waals surface area contributed by atoms with Crippen LogP contribution in [0.5, 0.6) is 0 Å². The summed E-state index contributed by atoms with van der Waals surface area (Å²) >= 11 is 0. The number of hydrogen-bond acceptors (Lipinski definition) is 3. The molecule has 1 fully saturated rings. The average Bonchev–Trinajstić information content (AvgIpc) is 2.25. The van der Waals surface area contributed by atoms with Crippen LogP contribution in [0.3, 0.4) is 0 Å². The van der Waals surface area contributed by atoms with Crippen LogP contribution in [0.1, 0.15) is 27.2 Å². The van der Waals surface area contributed by atoms with Gasteiger partial charge < -0.3 is 5.32 Å². The molecular formula is C9H19N3O3S. The van der Waals surface area contributed by atoms with Gasteiger partial charge in [-0.25, -0.2) is 0 Å². The molecule has 0 aromatic rings. The zero-order valence-corrected chi connectivity index (χ0v) is 10.7. The zero-order chi connectivity index (χ0) is 12.4. The molecule has 1 amide bonds. The van der Waals surface area contributed by atoms with E-state index in [1.807, 2.05) is 0 Å². The van der Waals surface area contributed by atoms with Gasteiger partial charge in [0.15, 0.2) is 0 Å². The third kappa shape index (κ3) is 4.07. The van der Waals surface area contributed by atoms with Crippen LogP contribution in [0, 0.1) is 0 Å². The molecule has 1 rings (SSSR count). The second kappa shape index (κ2) is 4.68. The van der Waals surface area contributed by atoms with Crippen LogP contribution in [0.15, 0.2) is 0 Å². The Morgan fingerprint density at radius 3 is 2.50 bits per heavy atom. The molecule has 7 heteroatoms. The van der Waals surface area contributed by atoms with E-state index in [2.05, 4.69) is 10.0 Å². The molecule has 0 aromatic carbocycles. The van der Waals surface area contributed by atoms with E-state index in [9.17, 15) is 13.2 Å². The Balaban J connectivity index is 2.72. The van der Waals surface area contributed by atoms with Gasteiger partial charge in [0.1, 0.15) is 0 Å². The molecule has 0 aliphatic carbocycles. The minimum absolute atomic E-state index is 0.103. The van der Waals surface area contributed by atoms with Crippen molar-refractivity contribution in [1.29, 1.82) is 0 Å². The molecule has 0 spiro atoms. The van der Waals surface area contributed by atoms with E-state index in [1.54, 1.807) is 20.8 Å². The maximum atomic E-state index is 11.9. The van der Waals surface area contributed by atoms with Crippen molar-refractivity contribution in [2.45, 2.75) is 32.7 Å². The number of hydrogen-bond donors (Lipinski definition) is 2. The highest BCUT2D eigenvalue weighted by atomic mass is 32.2. The second-order valence-electron chi connectivity index (χ2n) is 4.86. The number of rotatable bonds is 2. The number of nitrogens with one attached hydrogen (secondary N) is 2. The summed E-state index contributed by atoms with van der Waals surface area (Å²) in [5.74, 6) is -0.103. The molecule has 1 aliphatic heterocycles. The third-order valence-corrected chi connectivity index (χ3v) is 3.96. The van der Waals surface area contributed by atoms with E-state index in [-0.39, 0.29) is 18.9 Å². The van der Waals surface area contributed by atoms with Gasteiger partial charge in [0.2, 0.25) is 5.91 Å². The molecule has 0 aromatic heterocycles. The van der Waals surface area contributed by atoms with E-state index in [0.717, 1.165) is 0 Å². The van der Waals surface area contributed by atoms with Gasteiger partial charge >= 0.3 is 0 Å². The number of nitrogens with zero attached hydrogens (tertiary/aromatic N) is 1. The second-order valence-corrected chi connectivity index (χ2v) is 6.53. The third-order valence-electron chi connectivity index (χ3n) is 2.05. The normalized spacial score (nSPS) is 20.3. The predicted molar refractivity (Wildman–Crippen MR) is 61.0 cm³/mol. The SMILES string of the molecule is CC(C)(C)NS(=O)(=O)N1CCNC(=O)CC1. The number of carbonyl (C=O) groups excluding carboxylic acids is 1. The molecule has 0 radical (unpaired) electrons. The summed E-state index contributed by atoms with van der Waals surface area (Å²) in [4.78, 5) is 11.1. The lowest BCUT2D eigenvalue weighted by molar-refractivity contribution is -0.120. The molecule has 1 saturated heterocycles. The van der Waals surface area contributed by atoms with Crippen LogP contribution in [0.2, 0.25) is 0 Å². The molecule has 0 bridgehead atoms. The molecular weight excluding hydrogens is 230 g/mol. The van der Waals surface area contributed by atoms with E-state index in [4.69, 9.17) is 0 Å². The molecule has 16 heavy (non-hydrogen) atoms. The summed E-state index contributed by atoms with van der Waals surface area (Å²) < 4.78 is 27.7. The van der Waals surface area contributed by atoms with Gasteiger partial charge in [-0.05, 0) is 20.8 Å². The maximum absolute atomic E-state index is 11.9. The van der Waals surface area contributed by atoms with E-state index < -0.39 is 15.7 Å². The lowest BCUT2D eigenvalue weighted by atomic mass is 10.1. The lowest BCUT2D eigenvalue weighted by Gasteiger charge is -2.26. The molecule has 1 aliphatic rings. The summed E-state index contributed by atoms with van der Waals surface area (Å²) in [5, 5.41) is 2.64. The van der Waals surface area contributed by atoms with Crippen molar-refractivity contribution in [3.8, 4) is 0 Å². The molecule has 2 N–H and O–H groups in total. The highest BCUT2D eigenvalue weighted by molar-refractivity contribution is 7.87. The molecule has 6 nitrogen and oxygen atoms in total. The highest BCUT2D eigenvalue weighted by Crippen LogP contribution is 2.08. The fourth-order valence-electron chi connectivity index (χ4n) is 1.44. The summed E-state index contributed by atoms with van der Waals surface area (Å²) in [5.41, 5.74) is -0.511. The number of carbonyl (C=O) groups is 1. The quantitative estimate of drug-likeness (QED) is 0.688. The molecule has 0 saturated carbocycles. The first-order valence-corrected chi connectivity index (χ1v) is 6.70. The van der Waals surface area contributed by atoms with Crippen LogP contribution in [0.25, 0.3) is 0 Å². The van der Waals surface area contributed by atoms with Gasteiger partial charge in [0.05, 0.1) is 0 Å². The lowest BCUT2D eigenvalue weighted by Crippen LogP contribution is -2.49. The van der Waals surface area contributed by atoms with E-state index >= 15 is 0 Å². The maximum Gasteiger partial charge on any atom is 0.279 e. The van der Waals surface area contributed by atoms with Crippen molar-refractivity contribution in [3.05, 3.63) is 0 Å². The molecule has 0 unspecified atom stereocenters. The Hall–Kier alpha value is -0.660. The Morgan fingerprint density at radius 1 is 1.31 bits per heavy atom. The first-order valence-electron chi connectivity index (χ1n) is 5.26. The molecule has 0 atom stereocenters. The van der Waals surface area contributed by atoms with E-state index in [1.165, 1.54) is 4.31 Å². The highest BCUT2D eigenvalue weighted by Gasteiger charge is 2.28. The van der Waals surface area contributed by atoms with Gasteiger partial charge in [-0.2, -0.15) is 17.4 Å². The number of amides is 1. The summed E-state index contributed by atoms with van der Waals surface area (Å²) in [6.07, 6.45) is 0.213. The Kier molecular flexibility index (Phi) is 3.92. The van der Waals surface area contributed by atoms with Gasteiger partial charge in [-0.15, -0.1) is 0 Å². The van der Waals surface area contributed by atoms with E-state index in [0.29, 0.717) is 13.1 Å². The topological polar surface area (TPSA) is 78.5 Å². The average molecular weight is 249 g/mol. The van der Waals surface area contributed by atoms with Crippen molar-refractivity contribution in [1.82, 2.24) is 14.3 Å². The zero-order valence-electron chi connectivity index (χ0n) is 9.91. The summed E-state index contributed by atoms with van der Waals surface area (Å²) in [6, 6.07) is 0. The van der Waals surface area contributed by atoms with Gasteiger partial charge in [0, 0.05) is 31.6 Å². The van der Waals surface area contributed by atoms with Crippen LogP contribution in [-0.2, 0) is 15.0 Å². The Bertz CT molecular complexity index is 359. The van der Waals surface area contributed by atoms with Gasteiger partial charge in [-0.1, -0.05) is 0 Å². The molecule has 94 valence electrons. The minimum atomic E-state index is -3.50. The van der Waals surface area contributed by atoms with Crippen LogP contribution in [-0.4, -0.2) is 43.8 Å². The van der Waals surface area contributed by atoms with Crippen molar-refractivity contribution in [3.63, 3.8) is 0 Å². The summed E-state index contributed by atoms with van der Waals surface area (Å²) in [7, 11) is -3.50. The Labute approximate surface area is 96.6 Å². The first kappa shape index (κ1) is 13.4. The molecule has 1 heterocycles. The van der Waals surface area contributed by atoms with Crippen LogP contribution in [0.4, 0.5) is 0 Å². The smallest absolute Gasteiger partial charge is 0.279 e. The van der Waals surface area contributed by atoms with Crippen molar-refractivity contribution >= 4 is 16.1 Å². The van der Waals surface area contributed by atoms with Gasteiger partial charge in [0.25, 0.3) is 10.2 Å². The summed E-state index contributed by atoms with van der Waals surface area (Å²) in [6.45, 7) is 6.27. The fraction of sp³-hybridized carbons (Fsp3) is 0.889. The monoisotopic (exact) mass is 249 g/mol.